The Bertz CT molecular complexity index is 533. The number of nitrogens with one attached hydrogen (secondary N) is 2. The second-order valence-corrected chi connectivity index (χ2v) is 6.95. The fourth-order valence-corrected chi connectivity index (χ4v) is 3.19. The summed E-state index contributed by atoms with van der Waals surface area (Å²) < 4.78 is 26.6. The van der Waals surface area contributed by atoms with Crippen LogP contribution in [0.5, 0.6) is 0 Å². The molecule has 0 aromatic heterocycles. The first kappa shape index (κ1) is 17.1. The van der Waals surface area contributed by atoms with E-state index in [1.54, 1.807) is 12.1 Å². The SMILES string of the molecule is C#CCSCCNS(=O)(=O)c1ccc(CNCC)cc1. The van der Waals surface area contributed by atoms with Gasteiger partial charge in [-0.25, -0.2) is 13.1 Å². The summed E-state index contributed by atoms with van der Waals surface area (Å²) in [4.78, 5) is 0.291. The van der Waals surface area contributed by atoms with Gasteiger partial charge in [0.2, 0.25) is 10.0 Å². The van der Waals surface area contributed by atoms with Crippen LogP contribution >= 0.6 is 11.8 Å². The summed E-state index contributed by atoms with van der Waals surface area (Å²) in [5.41, 5.74) is 1.07. The van der Waals surface area contributed by atoms with E-state index in [1.807, 2.05) is 19.1 Å². The summed E-state index contributed by atoms with van der Waals surface area (Å²) in [5, 5.41) is 3.19. The van der Waals surface area contributed by atoms with Crippen molar-refractivity contribution in [1.29, 1.82) is 0 Å². The molecule has 0 unspecified atom stereocenters. The van der Waals surface area contributed by atoms with Crippen molar-refractivity contribution in [2.75, 3.05) is 24.6 Å². The molecule has 0 aliphatic rings. The molecule has 20 heavy (non-hydrogen) atoms. The third kappa shape index (κ3) is 5.97. The summed E-state index contributed by atoms with van der Waals surface area (Å²) in [6, 6.07) is 6.90. The van der Waals surface area contributed by atoms with E-state index in [9.17, 15) is 8.42 Å². The normalized spacial score (nSPS) is 11.2. The van der Waals surface area contributed by atoms with Gasteiger partial charge < -0.3 is 5.32 Å². The van der Waals surface area contributed by atoms with Gasteiger partial charge in [-0.05, 0) is 24.2 Å². The van der Waals surface area contributed by atoms with Gasteiger partial charge in [-0.1, -0.05) is 25.0 Å². The van der Waals surface area contributed by atoms with Gasteiger partial charge in [0.25, 0.3) is 0 Å². The molecule has 1 rings (SSSR count). The zero-order valence-electron chi connectivity index (χ0n) is 11.6. The summed E-state index contributed by atoms with van der Waals surface area (Å²) in [6.07, 6.45) is 5.12. The summed E-state index contributed by atoms with van der Waals surface area (Å²) >= 11 is 1.53. The van der Waals surface area contributed by atoms with E-state index < -0.39 is 10.0 Å². The predicted octanol–water partition coefficient (Wildman–Crippen LogP) is 1.44. The van der Waals surface area contributed by atoms with Crippen molar-refractivity contribution < 1.29 is 8.42 Å². The Morgan fingerprint density at radius 2 is 2.00 bits per heavy atom. The molecule has 0 saturated carbocycles. The second-order valence-electron chi connectivity index (χ2n) is 4.08. The van der Waals surface area contributed by atoms with E-state index in [0.29, 0.717) is 22.9 Å². The molecule has 110 valence electrons. The lowest BCUT2D eigenvalue weighted by Crippen LogP contribution is -2.26. The van der Waals surface area contributed by atoms with Gasteiger partial charge in [-0.3, -0.25) is 0 Å². The first-order valence-electron chi connectivity index (χ1n) is 6.40. The maximum absolute atomic E-state index is 12.0. The van der Waals surface area contributed by atoms with E-state index in [2.05, 4.69) is 16.0 Å². The van der Waals surface area contributed by atoms with E-state index in [1.165, 1.54) is 11.8 Å². The molecule has 0 fully saturated rings. The minimum atomic E-state index is -3.42. The van der Waals surface area contributed by atoms with Crippen molar-refractivity contribution in [3.63, 3.8) is 0 Å². The number of hydrogen-bond acceptors (Lipinski definition) is 4. The summed E-state index contributed by atoms with van der Waals surface area (Å²) in [6.45, 7) is 4.04. The Hall–Kier alpha value is -1.00. The molecular weight excluding hydrogens is 292 g/mol. The highest BCUT2D eigenvalue weighted by Crippen LogP contribution is 2.10. The molecule has 0 bridgehead atoms. The maximum Gasteiger partial charge on any atom is 0.240 e. The molecule has 2 N–H and O–H groups in total. The second kappa shape index (κ2) is 9.03. The Labute approximate surface area is 125 Å². The number of terminal acetylenes is 1. The van der Waals surface area contributed by atoms with E-state index in [-0.39, 0.29) is 0 Å². The number of sulfonamides is 1. The molecule has 1 aromatic carbocycles. The summed E-state index contributed by atoms with van der Waals surface area (Å²) in [7, 11) is -3.42. The van der Waals surface area contributed by atoms with E-state index >= 15 is 0 Å². The highest BCUT2D eigenvalue weighted by atomic mass is 32.2. The van der Waals surface area contributed by atoms with Crippen LogP contribution in [0.25, 0.3) is 0 Å². The number of benzene rings is 1. The first-order valence-corrected chi connectivity index (χ1v) is 9.04. The monoisotopic (exact) mass is 312 g/mol. The number of rotatable bonds is 9. The molecule has 0 heterocycles. The van der Waals surface area contributed by atoms with Crippen LogP contribution in [-0.2, 0) is 16.6 Å². The number of hydrogen-bond donors (Lipinski definition) is 2. The van der Waals surface area contributed by atoms with E-state index in [0.717, 1.165) is 18.7 Å². The highest BCUT2D eigenvalue weighted by Gasteiger charge is 2.12. The molecule has 4 nitrogen and oxygen atoms in total. The van der Waals surface area contributed by atoms with E-state index in [4.69, 9.17) is 6.42 Å². The topological polar surface area (TPSA) is 58.2 Å². The molecule has 0 saturated heterocycles. The van der Waals surface area contributed by atoms with Crippen molar-refractivity contribution >= 4 is 21.8 Å². The zero-order chi connectivity index (χ0) is 14.8. The maximum atomic E-state index is 12.0. The van der Waals surface area contributed by atoms with Gasteiger partial charge >= 0.3 is 0 Å². The van der Waals surface area contributed by atoms with Crippen LogP contribution in [0.2, 0.25) is 0 Å². The zero-order valence-corrected chi connectivity index (χ0v) is 13.2. The fraction of sp³-hybridized carbons (Fsp3) is 0.429. The fourth-order valence-electron chi connectivity index (χ4n) is 1.52. The smallest absolute Gasteiger partial charge is 0.240 e. The standard InChI is InChI=1S/C14H20N2O2S2/c1-3-10-19-11-9-16-20(17,18)14-7-5-13(6-8-14)12-15-4-2/h1,5-8,15-16H,4,9-12H2,2H3. The molecular formula is C14H20N2O2S2. The van der Waals surface area contributed by atoms with Gasteiger partial charge in [-0.15, -0.1) is 18.2 Å². The molecule has 0 spiro atoms. The molecule has 1 aromatic rings. The van der Waals surface area contributed by atoms with Crippen LogP contribution in [0.1, 0.15) is 12.5 Å². The number of thioether (sulfide) groups is 1. The largest absolute Gasteiger partial charge is 0.313 e. The van der Waals surface area contributed by atoms with Crippen LogP contribution in [-0.4, -0.2) is 33.0 Å². The molecule has 6 heteroatoms. The van der Waals surface area contributed by atoms with Crippen molar-refractivity contribution in [3.8, 4) is 12.3 Å². The molecule has 0 amide bonds. The molecule has 0 aliphatic carbocycles. The minimum absolute atomic E-state index is 0.291. The lowest BCUT2D eigenvalue weighted by molar-refractivity contribution is 0.584. The van der Waals surface area contributed by atoms with Gasteiger partial charge in [0.1, 0.15) is 0 Å². The van der Waals surface area contributed by atoms with Gasteiger partial charge in [0.05, 0.1) is 10.6 Å². The Morgan fingerprint density at radius 1 is 1.30 bits per heavy atom. The highest BCUT2D eigenvalue weighted by molar-refractivity contribution is 7.99. The van der Waals surface area contributed by atoms with Gasteiger partial charge in [0, 0.05) is 18.8 Å². The Kier molecular flexibility index (Phi) is 7.70. The average molecular weight is 312 g/mol. The van der Waals surface area contributed by atoms with Crippen LogP contribution in [0.15, 0.2) is 29.2 Å². The van der Waals surface area contributed by atoms with Gasteiger partial charge in [-0.2, -0.15) is 0 Å². The average Bonchev–Trinajstić information content (AvgIpc) is 2.45. The lowest BCUT2D eigenvalue weighted by Gasteiger charge is -2.07. The van der Waals surface area contributed by atoms with Crippen LogP contribution < -0.4 is 10.0 Å². The minimum Gasteiger partial charge on any atom is -0.313 e. The summed E-state index contributed by atoms with van der Waals surface area (Å²) in [5.74, 6) is 3.77. The third-order valence-corrected chi connectivity index (χ3v) is 4.88. The van der Waals surface area contributed by atoms with Crippen LogP contribution in [0, 0.1) is 12.3 Å². The van der Waals surface area contributed by atoms with Crippen molar-refractivity contribution in [2.24, 2.45) is 0 Å². The van der Waals surface area contributed by atoms with Crippen LogP contribution in [0.3, 0.4) is 0 Å². The van der Waals surface area contributed by atoms with Crippen molar-refractivity contribution in [2.45, 2.75) is 18.4 Å². The quantitative estimate of drug-likeness (QED) is 0.535. The van der Waals surface area contributed by atoms with Crippen molar-refractivity contribution in [1.82, 2.24) is 10.0 Å². The lowest BCUT2D eigenvalue weighted by atomic mass is 10.2. The molecule has 0 atom stereocenters. The Balaban J connectivity index is 2.52. The predicted molar refractivity (Wildman–Crippen MR) is 85.2 cm³/mol. The van der Waals surface area contributed by atoms with Crippen LogP contribution in [0.4, 0.5) is 0 Å². The third-order valence-electron chi connectivity index (χ3n) is 2.54. The Morgan fingerprint density at radius 3 is 2.60 bits per heavy atom. The van der Waals surface area contributed by atoms with Crippen molar-refractivity contribution in [3.05, 3.63) is 29.8 Å². The van der Waals surface area contributed by atoms with Gasteiger partial charge in [0.15, 0.2) is 0 Å². The molecule has 0 aliphatic heterocycles. The first-order chi connectivity index (χ1) is 9.60. The molecule has 0 radical (unpaired) electrons.